The van der Waals surface area contributed by atoms with Crippen molar-refractivity contribution in [1.82, 2.24) is 19.6 Å². The summed E-state index contributed by atoms with van der Waals surface area (Å²) in [6, 6.07) is 11.8. The van der Waals surface area contributed by atoms with Gasteiger partial charge in [-0.05, 0) is 17.6 Å². The first-order valence-corrected chi connectivity index (χ1v) is 5.87. The van der Waals surface area contributed by atoms with Gasteiger partial charge in [0.15, 0.2) is 5.82 Å². The lowest BCUT2D eigenvalue weighted by atomic mass is 10.2. The summed E-state index contributed by atoms with van der Waals surface area (Å²) in [5, 5.41) is 8.43. The minimum absolute atomic E-state index is 0.752. The summed E-state index contributed by atoms with van der Waals surface area (Å²) in [6.07, 6.45) is 3.34. The maximum Gasteiger partial charge on any atom is 0.173 e. The first-order valence-electron chi connectivity index (χ1n) is 5.10. The summed E-state index contributed by atoms with van der Waals surface area (Å²) in [6.45, 7) is 0. The van der Waals surface area contributed by atoms with Gasteiger partial charge in [-0.1, -0.05) is 30.3 Å². The number of benzene rings is 1. The van der Waals surface area contributed by atoms with E-state index < -0.39 is 0 Å². The van der Waals surface area contributed by atoms with Gasteiger partial charge in [0.05, 0.1) is 12.4 Å². The monoisotopic (exact) mass is 240 g/mol. The van der Waals surface area contributed by atoms with Gasteiger partial charge in [0.25, 0.3) is 0 Å². The van der Waals surface area contributed by atoms with Crippen LogP contribution in [0.5, 0.6) is 0 Å². The molecule has 1 aromatic carbocycles. The predicted molar refractivity (Wildman–Crippen MR) is 66.4 cm³/mol. The highest BCUT2D eigenvalue weighted by molar-refractivity contribution is 7.09. The standard InChI is InChI=1S/C12H8N4S/c1-2-4-9(5-3-1)11-15-12(17-16-11)10-6-7-13-14-8-10/h1-8H. The molecule has 0 aliphatic heterocycles. The van der Waals surface area contributed by atoms with Crippen molar-refractivity contribution in [3.63, 3.8) is 0 Å². The maximum absolute atomic E-state index is 4.49. The molecule has 0 bridgehead atoms. The van der Waals surface area contributed by atoms with Gasteiger partial charge in [0.2, 0.25) is 0 Å². The minimum Gasteiger partial charge on any atom is -0.214 e. The van der Waals surface area contributed by atoms with E-state index in [2.05, 4.69) is 19.6 Å². The van der Waals surface area contributed by atoms with Crippen LogP contribution in [0.15, 0.2) is 48.8 Å². The molecule has 5 heteroatoms. The van der Waals surface area contributed by atoms with Gasteiger partial charge < -0.3 is 0 Å². The second kappa shape index (κ2) is 4.39. The first kappa shape index (κ1) is 10.0. The molecule has 0 saturated heterocycles. The van der Waals surface area contributed by atoms with Crippen molar-refractivity contribution in [2.45, 2.75) is 0 Å². The van der Waals surface area contributed by atoms with Crippen molar-refractivity contribution in [2.24, 2.45) is 0 Å². The molecule has 17 heavy (non-hydrogen) atoms. The Bertz CT molecular complexity index is 553. The highest BCUT2D eigenvalue weighted by atomic mass is 32.1. The normalized spacial score (nSPS) is 10.4. The fourth-order valence-corrected chi connectivity index (χ4v) is 2.14. The van der Waals surface area contributed by atoms with Crippen LogP contribution in [0.3, 0.4) is 0 Å². The molecule has 0 aliphatic rings. The number of rotatable bonds is 2. The van der Waals surface area contributed by atoms with E-state index in [4.69, 9.17) is 0 Å². The van der Waals surface area contributed by atoms with Gasteiger partial charge in [-0.15, -0.1) is 0 Å². The van der Waals surface area contributed by atoms with Crippen LogP contribution in [0, 0.1) is 0 Å². The molecule has 0 fully saturated rings. The van der Waals surface area contributed by atoms with Crippen molar-refractivity contribution in [3.05, 3.63) is 48.8 Å². The molecule has 2 aromatic heterocycles. The molecule has 0 N–H and O–H groups in total. The molecule has 0 aliphatic carbocycles. The summed E-state index contributed by atoms with van der Waals surface area (Å²) in [4.78, 5) is 4.49. The summed E-state index contributed by atoms with van der Waals surface area (Å²) in [7, 11) is 0. The third kappa shape index (κ3) is 2.05. The van der Waals surface area contributed by atoms with Crippen molar-refractivity contribution in [2.75, 3.05) is 0 Å². The molecule has 0 spiro atoms. The molecule has 82 valence electrons. The average molecular weight is 240 g/mol. The molecule has 4 nitrogen and oxygen atoms in total. The lowest BCUT2D eigenvalue weighted by Gasteiger charge is -1.93. The highest BCUT2D eigenvalue weighted by Crippen LogP contribution is 2.24. The van der Waals surface area contributed by atoms with Crippen molar-refractivity contribution in [1.29, 1.82) is 0 Å². The van der Waals surface area contributed by atoms with E-state index in [0.29, 0.717) is 0 Å². The summed E-state index contributed by atoms with van der Waals surface area (Å²) in [5.41, 5.74) is 1.97. The van der Waals surface area contributed by atoms with E-state index in [9.17, 15) is 0 Å². The SMILES string of the molecule is c1ccc(-c2nsc(-c3ccnnc3)n2)cc1. The lowest BCUT2D eigenvalue weighted by Crippen LogP contribution is -1.82. The zero-order chi connectivity index (χ0) is 11.5. The Kier molecular flexibility index (Phi) is 2.59. The minimum atomic E-state index is 0.752. The highest BCUT2D eigenvalue weighted by Gasteiger charge is 2.07. The van der Waals surface area contributed by atoms with E-state index >= 15 is 0 Å². The van der Waals surface area contributed by atoms with Gasteiger partial charge in [0.1, 0.15) is 5.01 Å². The van der Waals surface area contributed by atoms with Gasteiger partial charge in [0, 0.05) is 11.1 Å². The molecule has 0 amide bonds. The van der Waals surface area contributed by atoms with Crippen LogP contribution in [0.25, 0.3) is 22.0 Å². The molecule has 3 rings (SSSR count). The van der Waals surface area contributed by atoms with Crippen LogP contribution >= 0.6 is 11.5 Å². The van der Waals surface area contributed by atoms with Crippen LogP contribution in [-0.4, -0.2) is 19.6 Å². The van der Waals surface area contributed by atoms with E-state index in [1.165, 1.54) is 11.5 Å². The second-order valence-corrected chi connectivity index (χ2v) is 4.17. The number of hydrogen-bond donors (Lipinski definition) is 0. The van der Waals surface area contributed by atoms with Crippen molar-refractivity contribution in [3.8, 4) is 22.0 Å². The zero-order valence-electron chi connectivity index (χ0n) is 8.82. The van der Waals surface area contributed by atoms with Gasteiger partial charge in [-0.3, -0.25) is 0 Å². The number of nitrogens with zero attached hydrogens (tertiary/aromatic N) is 4. The average Bonchev–Trinajstić information content (AvgIpc) is 2.90. The summed E-state index contributed by atoms with van der Waals surface area (Å²) < 4.78 is 4.35. The molecular weight excluding hydrogens is 232 g/mol. The summed E-state index contributed by atoms with van der Waals surface area (Å²) >= 11 is 1.37. The smallest absolute Gasteiger partial charge is 0.173 e. The second-order valence-electron chi connectivity index (χ2n) is 3.42. The molecule has 3 aromatic rings. The molecular formula is C12H8N4S. The molecule has 2 heterocycles. The number of hydrogen-bond acceptors (Lipinski definition) is 5. The van der Waals surface area contributed by atoms with Crippen LogP contribution in [0.1, 0.15) is 0 Å². The van der Waals surface area contributed by atoms with Crippen LogP contribution in [0.2, 0.25) is 0 Å². The Morgan fingerprint density at radius 1 is 0.882 bits per heavy atom. The Morgan fingerprint density at radius 2 is 1.76 bits per heavy atom. The third-order valence-electron chi connectivity index (χ3n) is 2.29. The van der Waals surface area contributed by atoms with Crippen molar-refractivity contribution < 1.29 is 0 Å². The fraction of sp³-hybridized carbons (Fsp3) is 0. The van der Waals surface area contributed by atoms with Crippen LogP contribution in [-0.2, 0) is 0 Å². The molecule has 0 unspecified atom stereocenters. The fourth-order valence-electron chi connectivity index (χ4n) is 1.46. The van der Waals surface area contributed by atoms with Crippen molar-refractivity contribution >= 4 is 11.5 Å². The van der Waals surface area contributed by atoms with Gasteiger partial charge in [-0.2, -0.15) is 14.6 Å². The van der Waals surface area contributed by atoms with Crippen LogP contribution in [0.4, 0.5) is 0 Å². The zero-order valence-corrected chi connectivity index (χ0v) is 9.63. The maximum atomic E-state index is 4.49. The van der Waals surface area contributed by atoms with E-state index in [-0.39, 0.29) is 0 Å². The number of aromatic nitrogens is 4. The Morgan fingerprint density at radius 3 is 2.53 bits per heavy atom. The summed E-state index contributed by atoms with van der Waals surface area (Å²) in [5.74, 6) is 0.752. The first-order chi connectivity index (χ1) is 8.43. The Labute approximate surface area is 102 Å². The van der Waals surface area contributed by atoms with Crippen LogP contribution < -0.4 is 0 Å². The molecule has 0 saturated carbocycles. The van der Waals surface area contributed by atoms with E-state index in [1.54, 1.807) is 12.4 Å². The van der Waals surface area contributed by atoms with E-state index in [1.807, 2.05) is 36.4 Å². The topological polar surface area (TPSA) is 51.6 Å². The molecule has 0 radical (unpaired) electrons. The predicted octanol–water partition coefficient (Wildman–Crippen LogP) is 2.66. The Balaban J connectivity index is 1.99. The quantitative estimate of drug-likeness (QED) is 0.691. The van der Waals surface area contributed by atoms with Gasteiger partial charge in [-0.25, -0.2) is 4.98 Å². The van der Waals surface area contributed by atoms with E-state index in [0.717, 1.165) is 22.0 Å². The Hall–Kier alpha value is -2.14. The molecule has 0 atom stereocenters. The lowest BCUT2D eigenvalue weighted by molar-refractivity contribution is 1.03. The largest absolute Gasteiger partial charge is 0.214 e. The third-order valence-corrected chi connectivity index (χ3v) is 3.05. The van der Waals surface area contributed by atoms with Gasteiger partial charge >= 0.3 is 0 Å².